The van der Waals surface area contributed by atoms with Gasteiger partial charge in [-0.2, -0.15) is 5.10 Å². The topological polar surface area (TPSA) is 76.4 Å². The van der Waals surface area contributed by atoms with Crippen molar-refractivity contribution in [3.8, 4) is 5.75 Å². The molecule has 0 spiro atoms. The third-order valence-corrected chi connectivity index (χ3v) is 4.13. The number of aromatic nitrogens is 3. The SMILES string of the molecule is CN=C(NCc1ncnn1C)NC1CC(C)(C)Oc2ccccc21. The lowest BCUT2D eigenvalue weighted by Crippen LogP contribution is -2.45. The number of benzene rings is 1. The molecule has 0 aliphatic carbocycles. The van der Waals surface area contributed by atoms with Crippen molar-refractivity contribution in [3.05, 3.63) is 42.0 Å². The predicted octanol–water partition coefficient (Wildman–Crippen LogP) is 1.78. The molecule has 1 unspecified atom stereocenters. The lowest BCUT2D eigenvalue weighted by Gasteiger charge is -2.38. The van der Waals surface area contributed by atoms with E-state index < -0.39 is 0 Å². The van der Waals surface area contributed by atoms with Crippen LogP contribution < -0.4 is 15.4 Å². The minimum absolute atomic E-state index is 0.135. The number of aliphatic imine (C=N–C) groups is 1. The molecule has 128 valence electrons. The standard InChI is InChI=1S/C17H24N6O/c1-17(2)9-13(12-7-5-6-8-14(12)24-17)22-16(18-3)19-10-15-20-11-21-23(15)4/h5-8,11,13H,9-10H2,1-4H3,(H2,18,19,22). The summed E-state index contributed by atoms with van der Waals surface area (Å²) >= 11 is 0. The van der Waals surface area contributed by atoms with Gasteiger partial charge >= 0.3 is 0 Å². The Balaban J connectivity index is 1.72. The number of para-hydroxylation sites is 1. The van der Waals surface area contributed by atoms with E-state index in [1.54, 1.807) is 18.1 Å². The number of hydrogen-bond acceptors (Lipinski definition) is 4. The summed E-state index contributed by atoms with van der Waals surface area (Å²) in [6, 6.07) is 8.28. The van der Waals surface area contributed by atoms with Gasteiger partial charge < -0.3 is 15.4 Å². The smallest absolute Gasteiger partial charge is 0.191 e. The maximum Gasteiger partial charge on any atom is 0.191 e. The van der Waals surface area contributed by atoms with Crippen molar-refractivity contribution in [2.75, 3.05) is 7.05 Å². The van der Waals surface area contributed by atoms with Gasteiger partial charge in [0.2, 0.25) is 0 Å². The molecule has 24 heavy (non-hydrogen) atoms. The maximum atomic E-state index is 6.08. The van der Waals surface area contributed by atoms with E-state index in [-0.39, 0.29) is 11.6 Å². The van der Waals surface area contributed by atoms with E-state index in [1.165, 1.54) is 0 Å². The number of rotatable bonds is 3. The van der Waals surface area contributed by atoms with Crippen molar-refractivity contribution in [3.63, 3.8) is 0 Å². The van der Waals surface area contributed by atoms with Gasteiger partial charge in [0.05, 0.1) is 12.6 Å². The number of fused-ring (bicyclic) bond motifs is 1. The van der Waals surface area contributed by atoms with Gasteiger partial charge in [-0.25, -0.2) is 4.98 Å². The van der Waals surface area contributed by atoms with E-state index in [2.05, 4.69) is 45.6 Å². The predicted molar refractivity (Wildman–Crippen MR) is 92.8 cm³/mol. The Hall–Kier alpha value is -2.57. The van der Waals surface area contributed by atoms with Crippen LogP contribution in [0.1, 0.15) is 37.7 Å². The monoisotopic (exact) mass is 328 g/mol. The molecule has 0 amide bonds. The van der Waals surface area contributed by atoms with Crippen molar-refractivity contribution < 1.29 is 4.74 Å². The summed E-state index contributed by atoms with van der Waals surface area (Å²) in [5.74, 6) is 2.51. The average Bonchev–Trinajstić information content (AvgIpc) is 2.95. The Morgan fingerprint density at radius 2 is 2.21 bits per heavy atom. The first-order valence-electron chi connectivity index (χ1n) is 8.06. The van der Waals surface area contributed by atoms with Crippen molar-refractivity contribution in [2.45, 2.75) is 38.5 Å². The van der Waals surface area contributed by atoms with Crippen LogP contribution >= 0.6 is 0 Å². The molecule has 3 rings (SSSR count). The minimum atomic E-state index is -0.228. The first kappa shape index (κ1) is 16.3. The van der Waals surface area contributed by atoms with Crippen LogP contribution in [0.15, 0.2) is 35.6 Å². The van der Waals surface area contributed by atoms with Crippen LogP contribution in [0.4, 0.5) is 0 Å². The van der Waals surface area contributed by atoms with Gasteiger partial charge in [0.25, 0.3) is 0 Å². The summed E-state index contributed by atoms with van der Waals surface area (Å²) in [5, 5.41) is 10.9. The van der Waals surface area contributed by atoms with E-state index in [4.69, 9.17) is 4.74 Å². The Labute approximate surface area is 142 Å². The highest BCUT2D eigenvalue weighted by molar-refractivity contribution is 5.80. The molecule has 0 radical (unpaired) electrons. The zero-order valence-corrected chi connectivity index (χ0v) is 14.6. The van der Waals surface area contributed by atoms with Crippen LogP contribution in [0.3, 0.4) is 0 Å². The number of hydrogen-bond donors (Lipinski definition) is 2. The van der Waals surface area contributed by atoms with Gasteiger partial charge in [0.15, 0.2) is 5.96 Å². The van der Waals surface area contributed by atoms with Gasteiger partial charge in [-0.05, 0) is 19.9 Å². The Morgan fingerprint density at radius 1 is 1.42 bits per heavy atom. The Bertz CT molecular complexity index is 736. The van der Waals surface area contributed by atoms with Crippen LogP contribution in [0.5, 0.6) is 5.75 Å². The molecule has 0 saturated heterocycles. The lowest BCUT2D eigenvalue weighted by atomic mass is 9.90. The third-order valence-electron chi connectivity index (χ3n) is 4.13. The molecule has 1 aliphatic heterocycles. The van der Waals surface area contributed by atoms with Crippen molar-refractivity contribution in [1.82, 2.24) is 25.4 Å². The van der Waals surface area contributed by atoms with Crippen LogP contribution in [0, 0.1) is 0 Å². The fourth-order valence-electron chi connectivity index (χ4n) is 2.93. The highest BCUT2D eigenvalue weighted by Crippen LogP contribution is 2.39. The lowest BCUT2D eigenvalue weighted by molar-refractivity contribution is 0.0694. The summed E-state index contributed by atoms with van der Waals surface area (Å²) in [7, 11) is 3.64. The highest BCUT2D eigenvalue weighted by atomic mass is 16.5. The van der Waals surface area contributed by atoms with E-state index in [0.717, 1.165) is 29.5 Å². The first-order chi connectivity index (χ1) is 11.5. The van der Waals surface area contributed by atoms with E-state index in [9.17, 15) is 0 Å². The fourth-order valence-corrected chi connectivity index (χ4v) is 2.93. The van der Waals surface area contributed by atoms with Gasteiger partial charge in [-0.3, -0.25) is 9.67 Å². The molecule has 1 atom stereocenters. The molecule has 0 fully saturated rings. The van der Waals surface area contributed by atoms with Gasteiger partial charge in [0, 0.05) is 26.1 Å². The van der Waals surface area contributed by atoms with Crippen LogP contribution in [0.2, 0.25) is 0 Å². The number of aryl methyl sites for hydroxylation is 1. The second-order valence-electron chi connectivity index (χ2n) is 6.53. The molecule has 1 aliphatic rings. The van der Waals surface area contributed by atoms with E-state index in [1.807, 2.05) is 25.2 Å². The molecule has 0 bridgehead atoms. The van der Waals surface area contributed by atoms with Crippen LogP contribution in [-0.4, -0.2) is 33.4 Å². The van der Waals surface area contributed by atoms with Gasteiger partial charge in [0.1, 0.15) is 23.5 Å². The normalized spacial score (nSPS) is 19.3. The fraction of sp³-hybridized carbons (Fsp3) is 0.471. The van der Waals surface area contributed by atoms with Crippen LogP contribution in [-0.2, 0) is 13.6 Å². The summed E-state index contributed by atoms with van der Waals surface area (Å²) in [6.45, 7) is 4.77. The number of guanidine groups is 1. The first-order valence-corrected chi connectivity index (χ1v) is 8.06. The Morgan fingerprint density at radius 3 is 2.92 bits per heavy atom. The third kappa shape index (κ3) is 3.50. The quantitative estimate of drug-likeness (QED) is 0.663. The average molecular weight is 328 g/mol. The van der Waals surface area contributed by atoms with Crippen molar-refractivity contribution >= 4 is 5.96 Å². The molecule has 0 saturated carbocycles. The molecular formula is C17H24N6O. The molecule has 7 heteroatoms. The molecule has 2 heterocycles. The van der Waals surface area contributed by atoms with E-state index >= 15 is 0 Å². The second kappa shape index (κ2) is 6.51. The maximum absolute atomic E-state index is 6.08. The molecule has 2 aromatic rings. The zero-order chi connectivity index (χ0) is 17.2. The van der Waals surface area contributed by atoms with Crippen LogP contribution in [0.25, 0.3) is 0 Å². The van der Waals surface area contributed by atoms with Crippen molar-refractivity contribution in [2.24, 2.45) is 12.0 Å². The summed E-state index contributed by atoms with van der Waals surface area (Å²) in [4.78, 5) is 8.54. The number of nitrogens with zero attached hydrogens (tertiary/aromatic N) is 4. The largest absolute Gasteiger partial charge is 0.487 e. The zero-order valence-electron chi connectivity index (χ0n) is 14.6. The van der Waals surface area contributed by atoms with Gasteiger partial charge in [-0.15, -0.1) is 0 Å². The second-order valence-corrected chi connectivity index (χ2v) is 6.53. The number of ether oxygens (including phenoxy) is 1. The Kier molecular flexibility index (Phi) is 4.42. The minimum Gasteiger partial charge on any atom is -0.487 e. The highest BCUT2D eigenvalue weighted by Gasteiger charge is 2.33. The summed E-state index contributed by atoms with van der Waals surface area (Å²) < 4.78 is 7.82. The molecule has 2 N–H and O–H groups in total. The molecule has 1 aromatic carbocycles. The van der Waals surface area contributed by atoms with Gasteiger partial charge in [-0.1, -0.05) is 18.2 Å². The number of nitrogens with one attached hydrogen (secondary N) is 2. The van der Waals surface area contributed by atoms with E-state index in [0.29, 0.717) is 6.54 Å². The molecule has 1 aromatic heterocycles. The van der Waals surface area contributed by atoms with Crippen molar-refractivity contribution in [1.29, 1.82) is 0 Å². The summed E-state index contributed by atoms with van der Waals surface area (Å²) in [5.41, 5.74) is 0.924. The molecular weight excluding hydrogens is 304 g/mol. The molecule has 7 nitrogen and oxygen atoms in total. The summed E-state index contributed by atoms with van der Waals surface area (Å²) in [6.07, 6.45) is 2.40.